The van der Waals surface area contributed by atoms with Gasteiger partial charge in [0, 0.05) is 12.3 Å². The van der Waals surface area contributed by atoms with Crippen LogP contribution in [0, 0.1) is 5.82 Å². The number of ether oxygens (including phenoxy) is 1. The Morgan fingerprint density at radius 1 is 1.19 bits per heavy atom. The number of rotatable bonds is 2. The molecule has 0 saturated heterocycles. The first-order valence-electron chi connectivity index (χ1n) is 4.11. The quantitative estimate of drug-likeness (QED) is 0.778. The highest BCUT2D eigenvalue weighted by atomic mass is 35.5. The zero-order chi connectivity index (χ0) is 11.5. The van der Waals surface area contributed by atoms with Gasteiger partial charge in [-0.15, -0.1) is 0 Å². The van der Waals surface area contributed by atoms with Gasteiger partial charge in [0.05, 0.1) is 17.4 Å². The molecule has 16 heavy (non-hydrogen) atoms. The van der Waals surface area contributed by atoms with Crippen LogP contribution < -0.4 is 4.74 Å². The van der Waals surface area contributed by atoms with Gasteiger partial charge >= 0.3 is 0 Å². The normalized spacial score (nSPS) is 10.2. The van der Waals surface area contributed by atoms with Crippen molar-refractivity contribution in [3.63, 3.8) is 0 Å². The lowest BCUT2D eigenvalue weighted by molar-refractivity contribution is 0.418. The second-order valence-corrected chi connectivity index (χ2v) is 3.51. The van der Waals surface area contributed by atoms with E-state index in [2.05, 4.69) is 15.0 Å². The number of hydrogen-bond donors (Lipinski definition) is 0. The standard InChI is InChI=1S/C9H4Cl2FN3O/c10-5-1-6(3-13-2-5)16-8-7(12)4-14-9(11)15-8/h1-4H. The van der Waals surface area contributed by atoms with Gasteiger partial charge in [-0.1, -0.05) is 11.6 Å². The van der Waals surface area contributed by atoms with Gasteiger partial charge in [0.2, 0.25) is 11.1 Å². The molecular formula is C9H4Cl2FN3O. The summed E-state index contributed by atoms with van der Waals surface area (Å²) >= 11 is 11.2. The summed E-state index contributed by atoms with van der Waals surface area (Å²) in [5.41, 5.74) is 0. The molecule has 2 aromatic heterocycles. The zero-order valence-electron chi connectivity index (χ0n) is 7.69. The van der Waals surface area contributed by atoms with Gasteiger partial charge in [0.1, 0.15) is 5.75 Å². The molecule has 2 heterocycles. The summed E-state index contributed by atoms with van der Waals surface area (Å²) in [6.07, 6.45) is 3.72. The molecule has 0 aromatic carbocycles. The maximum atomic E-state index is 13.2. The third kappa shape index (κ3) is 2.56. The second-order valence-electron chi connectivity index (χ2n) is 2.73. The van der Waals surface area contributed by atoms with Crippen LogP contribution in [0.5, 0.6) is 11.6 Å². The number of pyridine rings is 1. The SMILES string of the molecule is Fc1cnc(Cl)nc1Oc1cncc(Cl)c1. The monoisotopic (exact) mass is 259 g/mol. The summed E-state index contributed by atoms with van der Waals surface area (Å²) in [6.45, 7) is 0. The predicted octanol–water partition coefficient (Wildman–Crippen LogP) is 3.11. The molecule has 0 aliphatic rings. The van der Waals surface area contributed by atoms with E-state index >= 15 is 0 Å². The Morgan fingerprint density at radius 2 is 2.00 bits per heavy atom. The molecule has 2 rings (SSSR count). The number of nitrogens with zero attached hydrogens (tertiary/aromatic N) is 3. The fraction of sp³-hybridized carbons (Fsp3) is 0. The first-order chi connectivity index (χ1) is 7.65. The molecule has 0 bridgehead atoms. The first-order valence-corrected chi connectivity index (χ1v) is 4.87. The van der Waals surface area contributed by atoms with Crippen LogP contribution in [0.3, 0.4) is 0 Å². The Hall–Kier alpha value is -1.46. The molecule has 0 aliphatic carbocycles. The van der Waals surface area contributed by atoms with Crippen molar-refractivity contribution < 1.29 is 9.13 Å². The van der Waals surface area contributed by atoms with Crippen molar-refractivity contribution >= 4 is 23.2 Å². The summed E-state index contributed by atoms with van der Waals surface area (Å²) in [7, 11) is 0. The molecule has 0 saturated carbocycles. The summed E-state index contributed by atoms with van der Waals surface area (Å²) < 4.78 is 18.3. The van der Waals surface area contributed by atoms with E-state index in [-0.39, 0.29) is 16.9 Å². The van der Waals surface area contributed by atoms with E-state index in [0.717, 1.165) is 6.20 Å². The van der Waals surface area contributed by atoms with Crippen molar-refractivity contribution in [1.29, 1.82) is 0 Å². The van der Waals surface area contributed by atoms with Gasteiger partial charge in [0.25, 0.3) is 5.88 Å². The Morgan fingerprint density at radius 3 is 2.75 bits per heavy atom. The Bertz CT molecular complexity index is 524. The molecule has 0 amide bonds. The Labute approximate surface area is 100 Å². The third-order valence-corrected chi connectivity index (χ3v) is 1.97. The molecular weight excluding hydrogens is 256 g/mol. The van der Waals surface area contributed by atoms with Crippen molar-refractivity contribution in [2.75, 3.05) is 0 Å². The van der Waals surface area contributed by atoms with Crippen LogP contribution in [0.2, 0.25) is 10.3 Å². The van der Waals surface area contributed by atoms with Crippen molar-refractivity contribution in [2.24, 2.45) is 0 Å². The molecule has 0 N–H and O–H groups in total. The minimum atomic E-state index is -0.718. The van der Waals surface area contributed by atoms with E-state index in [0.29, 0.717) is 5.02 Å². The summed E-state index contributed by atoms with van der Waals surface area (Å²) in [4.78, 5) is 10.8. The highest BCUT2D eigenvalue weighted by Crippen LogP contribution is 2.23. The highest BCUT2D eigenvalue weighted by Gasteiger charge is 2.08. The number of halogens is 3. The summed E-state index contributed by atoms with van der Waals surface area (Å²) in [5.74, 6) is -0.727. The van der Waals surface area contributed by atoms with E-state index in [1.807, 2.05) is 0 Å². The van der Waals surface area contributed by atoms with Gasteiger partial charge in [0.15, 0.2) is 0 Å². The van der Waals surface area contributed by atoms with Gasteiger partial charge in [-0.3, -0.25) is 4.98 Å². The zero-order valence-corrected chi connectivity index (χ0v) is 9.21. The third-order valence-electron chi connectivity index (χ3n) is 1.58. The van der Waals surface area contributed by atoms with Crippen LogP contribution in [0.1, 0.15) is 0 Å². The van der Waals surface area contributed by atoms with Gasteiger partial charge in [-0.25, -0.2) is 4.98 Å². The molecule has 0 spiro atoms. The lowest BCUT2D eigenvalue weighted by atomic mass is 10.4. The Kier molecular flexibility index (Phi) is 3.17. The van der Waals surface area contributed by atoms with Crippen molar-refractivity contribution in [3.8, 4) is 11.6 Å². The molecule has 4 nitrogen and oxygen atoms in total. The van der Waals surface area contributed by atoms with Gasteiger partial charge in [-0.05, 0) is 11.6 Å². The van der Waals surface area contributed by atoms with Crippen LogP contribution in [-0.4, -0.2) is 15.0 Å². The van der Waals surface area contributed by atoms with Crippen molar-refractivity contribution in [1.82, 2.24) is 15.0 Å². The highest BCUT2D eigenvalue weighted by molar-refractivity contribution is 6.30. The first kappa shape index (κ1) is 11.0. The predicted molar refractivity (Wildman–Crippen MR) is 56.3 cm³/mol. The van der Waals surface area contributed by atoms with E-state index < -0.39 is 5.82 Å². The van der Waals surface area contributed by atoms with Crippen LogP contribution in [0.15, 0.2) is 24.7 Å². The molecule has 7 heteroatoms. The second kappa shape index (κ2) is 4.59. The van der Waals surface area contributed by atoms with E-state index in [4.69, 9.17) is 27.9 Å². The fourth-order valence-corrected chi connectivity index (χ4v) is 1.25. The van der Waals surface area contributed by atoms with Crippen LogP contribution in [0.25, 0.3) is 0 Å². The van der Waals surface area contributed by atoms with E-state index in [1.165, 1.54) is 18.5 Å². The van der Waals surface area contributed by atoms with Gasteiger partial charge < -0.3 is 4.74 Å². The molecule has 0 atom stereocenters. The smallest absolute Gasteiger partial charge is 0.260 e. The minimum Gasteiger partial charge on any atom is -0.435 e. The lowest BCUT2D eigenvalue weighted by Crippen LogP contribution is -1.94. The molecule has 0 radical (unpaired) electrons. The van der Waals surface area contributed by atoms with Crippen LogP contribution in [-0.2, 0) is 0 Å². The lowest BCUT2D eigenvalue weighted by Gasteiger charge is -2.04. The van der Waals surface area contributed by atoms with Crippen molar-refractivity contribution in [3.05, 3.63) is 40.8 Å². The topological polar surface area (TPSA) is 47.9 Å². The average molecular weight is 260 g/mol. The van der Waals surface area contributed by atoms with Crippen LogP contribution >= 0.6 is 23.2 Å². The van der Waals surface area contributed by atoms with Gasteiger partial charge in [-0.2, -0.15) is 9.37 Å². The fourth-order valence-electron chi connectivity index (χ4n) is 0.963. The molecule has 0 fully saturated rings. The largest absolute Gasteiger partial charge is 0.435 e. The maximum absolute atomic E-state index is 13.2. The average Bonchev–Trinajstić information content (AvgIpc) is 2.24. The summed E-state index contributed by atoms with van der Waals surface area (Å²) in [6, 6.07) is 1.48. The molecule has 0 unspecified atom stereocenters. The molecule has 82 valence electrons. The van der Waals surface area contributed by atoms with Crippen molar-refractivity contribution in [2.45, 2.75) is 0 Å². The Balaban J connectivity index is 2.30. The van der Waals surface area contributed by atoms with E-state index in [9.17, 15) is 4.39 Å². The molecule has 0 aliphatic heterocycles. The number of aromatic nitrogens is 3. The minimum absolute atomic E-state index is 0.105. The van der Waals surface area contributed by atoms with E-state index in [1.54, 1.807) is 0 Å². The number of hydrogen-bond acceptors (Lipinski definition) is 4. The van der Waals surface area contributed by atoms with Crippen LogP contribution in [0.4, 0.5) is 4.39 Å². The molecule has 2 aromatic rings. The summed E-state index contributed by atoms with van der Waals surface area (Å²) in [5, 5.41) is 0.268. The maximum Gasteiger partial charge on any atom is 0.260 e.